The average molecular weight is 445 g/mol. The van der Waals surface area contributed by atoms with Gasteiger partial charge in [0.05, 0.1) is 0 Å². The van der Waals surface area contributed by atoms with E-state index in [0.717, 1.165) is 0 Å². The van der Waals surface area contributed by atoms with Gasteiger partial charge in [0.2, 0.25) is 0 Å². The summed E-state index contributed by atoms with van der Waals surface area (Å²) in [4.78, 5) is 43.1. The first-order valence-corrected chi connectivity index (χ1v) is 4.70. The molecule has 0 heterocycles. The summed E-state index contributed by atoms with van der Waals surface area (Å²) in [6, 6.07) is 0. The van der Waals surface area contributed by atoms with Crippen LogP contribution in [0.25, 0.3) is 0 Å². The SMILES string of the molecule is O=P(O)(O)O.O=P(O)(O)O.[CaH2].[CaH2].[CaH2].[CaH2].[KH].[KH]. The summed E-state index contributed by atoms with van der Waals surface area (Å²) in [5, 5.41) is 0. The molecule has 0 rings (SSSR count). The van der Waals surface area contributed by atoms with Gasteiger partial charge in [-0.1, -0.05) is 0 Å². The molecular formula is H16Ca4K2O8P2. The van der Waals surface area contributed by atoms with E-state index in [-0.39, 0.29) is 254 Å². The topological polar surface area (TPSA) is 156 Å². The van der Waals surface area contributed by atoms with E-state index in [2.05, 4.69) is 0 Å². The summed E-state index contributed by atoms with van der Waals surface area (Å²) in [7, 11) is -9.28. The van der Waals surface area contributed by atoms with Crippen molar-refractivity contribution in [2.75, 3.05) is 0 Å². The molecule has 0 amide bonds. The predicted octanol–water partition coefficient (Wildman–Crippen LogP) is -6.82. The number of rotatable bonds is 0. The minimum absolute atomic E-state index is 0. The summed E-state index contributed by atoms with van der Waals surface area (Å²) in [6.07, 6.45) is 0. The van der Waals surface area contributed by atoms with Crippen molar-refractivity contribution in [3.63, 3.8) is 0 Å². The second-order valence-corrected chi connectivity index (χ2v) is 3.08. The van der Waals surface area contributed by atoms with Gasteiger partial charge in [-0.05, 0) is 0 Å². The molecule has 0 aliphatic carbocycles. The van der Waals surface area contributed by atoms with Crippen molar-refractivity contribution in [2.24, 2.45) is 0 Å². The van der Waals surface area contributed by atoms with Crippen molar-refractivity contribution < 1.29 is 38.5 Å². The van der Waals surface area contributed by atoms with E-state index in [4.69, 9.17) is 38.5 Å². The third-order valence-electron chi connectivity index (χ3n) is 0. The third kappa shape index (κ3) is 144. The van der Waals surface area contributed by atoms with Crippen LogP contribution in [0.15, 0.2) is 0 Å². The number of hydrogen-bond acceptors (Lipinski definition) is 2. The summed E-state index contributed by atoms with van der Waals surface area (Å²) in [6.45, 7) is 0. The quantitative estimate of drug-likeness (QED) is 0.159. The van der Waals surface area contributed by atoms with Gasteiger partial charge in [-0.2, -0.15) is 0 Å². The molecule has 0 aliphatic heterocycles. The maximum absolute atomic E-state index is 8.88. The van der Waals surface area contributed by atoms with E-state index in [1.54, 1.807) is 0 Å². The van der Waals surface area contributed by atoms with E-state index in [1.807, 2.05) is 0 Å². The van der Waals surface area contributed by atoms with E-state index in [1.165, 1.54) is 0 Å². The molecule has 0 aliphatic rings. The Morgan fingerprint density at radius 1 is 0.500 bits per heavy atom. The Labute approximate surface area is 298 Å². The monoisotopic (exact) mass is 444 g/mol. The van der Waals surface area contributed by atoms with Gasteiger partial charge in [-0.25, -0.2) is 9.13 Å². The third-order valence-corrected chi connectivity index (χ3v) is 0. The molecule has 0 saturated heterocycles. The van der Waals surface area contributed by atoms with Gasteiger partial charge in [-0.15, -0.1) is 0 Å². The maximum atomic E-state index is 8.88. The van der Waals surface area contributed by atoms with Crippen molar-refractivity contribution >= 4 is 269 Å². The molecule has 0 fully saturated rings. The molecule has 84 valence electrons. The summed E-state index contributed by atoms with van der Waals surface area (Å²) in [5.74, 6) is 0. The average Bonchev–Trinajstić information content (AvgIpc) is 1.12. The molecular weight excluding hydrogens is 428 g/mol. The molecule has 16 heteroatoms. The molecule has 0 saturated carbocycles. The number of hydrogen-bond donors (Lipinski definition) is 6. The molecule has 0 bridgehead atoms. The molecule has 0 spiro atoms. The zero-order chi connectivity index (χ0) is 9.00. The normalized spacial score (nSPS) is 7.38. The van der Waals surface area contributed by atoms with Crippen LogP contribution < -0.4 is 0 Å². The summed E-state index contributed by atoms with van der Waals surface area (Å²) >= 11 is 0. The van der Waals surface area contributed by atoms with Crippen molar-refractivity contribution in [3.8, 4) is 0 Å². The van der Waals surface area contributed by atoms with Crippen LogP contribution in [-0.4, -0.2) is 283 Å². The number of phosphoric acid groups is 2. The van der Waals surface area contributed by atoms with Gasteiger partial charge in [0, 0.05) is 0 Å². The first kappa shape index (κ1) is 49.7. The minimum atomic E-state index is -4.64. The molecule has 0 aromatic rings. The van der Waals surface area contributed by atoms with Crippen LogP contribution in [0.4, 0.5) is 0 Å². The molecule has 8 nitrogen and oxygen atoms in total. The fourth-order valence-electron chi connectivity index (χ4n) is 0. The molecule has 0 aromatic carbocycles. The molecule has 0 unspecified atom stereocenters. The standard InChI is InChI=1S/4Ca.2K.2H3O4P.10H/c;;;;;;2*1-5(2,3)4;;;;;;;;;;/h;;;;;;2*(H3,1,2,3,4);;;;;;;;;;. The second kappa shape index (κ2) is 28.3. The molecule has 16 heavy (non-hydrogen) atoms. The first-order valence-electron chi connectivity index (χ1n) is 1.57. The van der Waals surface area contributed by atoms with E-state index >= 15 is 0 Å². The Morgan fingerprint density at radius 3 is 0.500 bits per heavy atom. The van der Waals surface area contributed by atoms with Gasteiger partial charge in [0.1, 0.15) is 0 Å². The van der Waals surface area contributed by atoms with Crippen LogP contribution in [0.1, 0.15) is 0 Å². The fourth-order valence-corrected chi connectivity index (χ4v) is 0. The fraction of sp³-hybridized carbons (Fsp3) is 0. The van der Waals surface area contributed by atoms with E-state index < -0.39 is 15.6 Å². The van der Waals surface area contributed by atoms with E-state index in [9.17, 15) is 0 Å². The first-order chi connectivity index (χ1) is 4.00. The summed E-state index contributed by atoms with van der Waals surface area (Å²) in [5.41, 5.74) is 0. The van der Waals surface area contributed by atoms with Crippen LogP contribution in [0.3, 0.4) is 0 Å². The zero-order valence-corrected chi connectivity index (χ0v) is 6.18. The van der Waals surface area contributed by atoms with Crippen LogP contribution in [0.5, 0.6) is 0 Å². The zero-order valence-electron chi connectivity index (χ0n) is 4.39. The van der Waals surface area contributed by atoms with Crippen molar-refractivity contribution in [1.29, 1.82) is 0 Å². The van der Waals surface area contributed by atoms with Crippen molar-refractivity contribution in [2.45, 2.75) is 0 Å². The summed E-state index contributed by atoms with van der Waals surface area (Å²) < 4.78 is 17.8. The van der Waals surface area contributed by atoms with Crippen LogP contribution in [0, 0.1) is 0 Å². The molecule has 0 atom stereocenters. The Hall–Kier alpha value is 8.53. The van der Waals surface area contributed by atoms with Gasteiger partial charge < -0.3 is 29.4 Å². The predicted molar refractivity (Wildman–Crippen MR) is 77.0 cm³/mol. The van der Waals surface area contributed by atoms with E-state index in [0.29, 0.717) is 0 Å². The molecule has 0 aromatic heterocycles. The van der Waals surface area contributed by atoms with Gasteiger partial charge in [-0.3, -0.25) is 0 Å². The molecule has 6 N–H and O–H groups in total. The van der Waals surface area contributed by atoms with Crippen molar-refractivity contribution in [1.82, 2.24) is 0 Å². The second-order valence-electron chi connectivity index (χ2n) is 1.03. The Bertz CT molecular complexity index is 140. The van der Waals surface area contributed by atoms with Gasteiger partial charge in [0.15, 0.2) is 0 Å². The van der Waals surface area contributed by atoms with Gasteiger partial charge in [0.25, 0.3) is 0 Å². The van der Waals surface area contributed by atoms with Crippen LogP contribution >= 0.6 is 15.6 Å². The van der Waals surface area contributed by atoms with Crippen molar-refractivity contribution in [3.05, 3.63) is 0 Å². The Morgan fingerprint density at radius 2 is 0.500 bits per heavy atom. The van der Waals surface area contributed by atoms with Crippen LogP contribution in [-0.2, 0) is 9.13 Å². The Kier molecular flexibility index (Phi) is 88.0. The Balaban J connectivity index is -0.00000000970. The van der Waals surface area contributed by atoms with Gasteiger partial charge >= 0.3 is 269 Å². The van der Waals surface area contributed by atoms with Crippen LogP contribution in [0.2, 0.25) is 0 Å². The molecule has 0 radical (unpaired) electrons.